The van der Waals surface area contributed by atoms with Gasteiger partial charge in [-0.25, -0.2) is 0 Å². The van der Waals surface area contributed by atoms with Crippen LogP contribution in [0.15, 0.2) is 33.0 Å². The van der Waals surface area contributed by atoms with Crippen LogP contribution in [0.1, 0.15) is 0 Å². The van der Waals surface area contributed by atoms with Crippen LogP contribution in [-0.2, 0) is 4.74 Å². The predicted molar refractivity (Wildman–Crippen MR) is 93.0 cm³/mol. The van der Waals surface area contributed by atoms with Gasteiger partial charge in [-0.15, -0.1) is 11.3 Å². The van der Waals surface area contributed by atoms with Crippen molar-refractivity contribution in [1.29, 1.82) is 0 Å². The Bertz CT molecular complexity index is 876. The van der Waals surface area contributed by atoms with Gasteiger partial charge in [0.2, 0.25) is 5.43 Å². The van der Waals surface area contributed by atoms with Gasteiger partial charge in [-0.1, -0.05) is 0 Å². The fourth-order valence-corrected chi connectivity index (χ4v) is 4.14. The van der Waals surface area contributed by atoms with Crippen LogP contribution in [0.4, 0.5) is 5.82 Å². The van der Waals surface area contributed by atoms with Crippen molar-refractivity contribution in [2.75, 3.05) is 31.2 Å². The Kier molecular flexibility index (Phi) is 3.56. The molecule has 5 nitrogen and oxygen atoms in total. The molecule has 4 heterocycles. The molecule has 0 radical (unpaired) electrons. The van der Waals surface area contributed by atoms with Gasteiger partial charge >= 0.3 is 0 Å². The minimum Gasteiger partial charge on any atom is -0.378 e. The van der Waals surface area contributed by atoms with E-state index in [1.165, 1.54) is 0 Å². The quantitative estimate of drug-likeness (QED) is 0.718. The number of nitrogens with one attached hydrogen (secondary N) is 2. The second-order valence-electron chi connectivity index (χ2n) is 5.17. The fourth-order valence-electron chi connectivity index (χ4n) is 2.74. The summed E-state index contributed by atoms with van der Waals surface area (Å²) in [5.41, 5.74) is 2.52. The molecule has 22 heavy (non-hydrogen) atoms. The minimum atomic E-state index is 0.0112. The van der Waals surface area contributed by atoms with E-state index < -0.39 is 0 Å². The summed E-state index contributed by atoms with van der Waals surface area (Å²) < 4.78 is 6.45. The van der Waals surface area contributed by atoms with E-state index >= 15 is 0 Å². The van der Waals surface area contributed by atoms with Crippen LogP contribution in [0.5, 0.6) is 0 Å². The fraction of sp³-hybridized carbons (Fsp3) is 0.267. The number of aromatic amines is 2. The van der Waals surface area contributed by atoms with Crippen molar-refractivity contribution in [3.63, 3.8) is 0 Å². The van der Waals surface area contributed by atoms with Crippen LogP contribution in [-0.4, -0.2) is 36.3 Å². The van der Waals surface area contributed by atoms with Crippen LogP contribution in [0.3, 0.4) is 0 Å². The van der Waals surface area contributed by atoms with Crippen molar-refractivity contribution in [3.05, 3.63) is 38.4 Å². The number of H-pyrrole nitrogens is 2. The van der Waals surface area contributed by atoms with E-state index in [1.807, 2.05) is 12.3 Å². The predicted octanol–water partition coefficient (Wildman–Crippen LogP) is 3.18. The molecule has 3 aromatic rings. The first kappa shape index (κ1) is 14.0. The van der Waals surface area contributed by atoms with Crippen molar-refractivity contribution < 1.29 is 4.74 Å². The molecule has 0 aliphatic carbocycles. The molecule has 0 atom stereocenters. The number of anilines is 1. The number of nitrogens with zero attached hydrogens (tertiary/aromatic N) is 1. The summed E-state index contributed by atoms with van der Waals surface area (Å²) in [5, 5.41) is 0. The topological polar surface area (TPSA) is 61.1 Å². The molecule has 0 bridgehead atoms. The molecule has 1 fully saturated rings. The highest BCUT2D eigenvalue weighted by molar-refractivity contribution is 9.11. The first-order chi connectivity index (χ1) is 10.7. The molecule has 0 saturated carbocycles. The third-order valence-electron chi connectivity index (χ3n) is 3.84. The summed E-state index contributed by atoms with van der Waals surface area (Å²) in [6.07, 6.45) is 1.89. The molecule has 2 N–H and O–H groups in total. The molecule has 1 aliphatic heterocycles. The molecule has 7 heteroatoms. The number of aromatic nitrogens is 2. The molecular weight excluding hydrogens is 366 g/mol. The summed E-state index contributed by atoms with van der Waals surface area (Å²) in [7, 11) is 0. The molecule has 114 valence electrons. The summed E-state index contributed by atoms with van der Waals surface area (Å²) in [6.45, 7) is 2.98. The van der Waals surface area contributed by atoms with Crippen LogP contribution < -0.4 is 10.3 Å². The Morgan fingerprint density at radius 1 is 1.23 bits per heavy atom. The van der Waals surface area contributed by atoms with Gasteiger partial charge in [0.25, 0.3) is 0 Å². The van der Waals surface area contributed by atoms with Gasteiger partial charge in [0.15, 0.2) is 0 Å². The first-order valence-electron chi connectivity index (χ1n) is 7.05. The molecule has 0 amide bonds. The molecular formula is C15H14BrN3O2S. The van der Waals surface area contributed by atoms with Crippen LogP contribution >= 0.6 is 27.3 Å². The van der Waals surface area contributed by atoms with Crippen molar-refractivity contribution in [1.82, 2.24) is 9.97 Å². The van der Waals surface area contributed by atoms with Gasteiger partial charge in [0, 0.05) is 35.8 Å². The van der Waals surface area contributed by atoms with Crippen LogP contribution in [0.25, 0.3) is 21.5 Å². The lowest BCUT2D eigenvalue weighted by Gasteiger charge is -2.28. The number of fused-ring (bicyclic) bond motifs is 1. The number of ether oxygens (including phenoxy) is 1. The number of hydrogen-bond acceptors (Lipinski definition) is 4. The van der Waals surface area contributed by atoms with Gasteiger partial charge in [-0.2, -0.15) is 0 Å². The van der Waals surface area contributed by atoms with Gasteiger partial charge in [0.05, 0.1) is 22.5 Å². The summed E-state index contributed by atoms with van der Waals surface area (Å²) in [4.78, 5) is 22.2. The van der Waals surface area contributed by atoms with Gasteiger partial charge in [-0.05, 0) is 28.1 Å². The van der Waals surface area contributed by atoms with E-state index in [1.54, 1.807) is 17.4 Å². The highest BCUT2D eigenvalue weighted by Crippen LogP contribution is 2.34. The maximum Gasteiger partial charge on any atom is 0.207 e. The van der Waals surface area contributed by atoms with E-state index in [0.29, 0.717) is 18.7 Å². The van der Waals surface area contributed by atoms with E-state index in [-0.39, 0.29) is 5.43 Å². The van der Waals surface area contributed by atoms with Gasteiger partial charge in [-0.3, -0.25) is 4.79 Å². The van der Waals surface area contributed by atoms with Crippen LogP contribution in [0.2, 0.25) is 0 Å². The lowest BCUT2D eigenvalue weighted by atomic mass is 10.2. The molecule has 1 saturated heterocycles. The van der Waals surface area contributed by atoms with Crippen molar-refractivity contribution in [2.24, 2.45) is 0 Å². The zero-order valence-corrected chi connectivity index (χ0v) is 14.1. The summed E-state index contributed by atoms with van der Waals surface area (Å²) >= 11 is 5.14. The zero-order valence-electron chi connectivity index (χ0n) is 11.7. The average Bonchev–Trinajstić information content (AvgIpc) is 3.14. The van der Waals surface area contributed by atoms with Crippen molar-refractivity contribution in [3.8, 4) is 10.4 Å². The lowest BCUT2D eigenvalue weighted by Crippen LogP contribution is -2.37. The third kappa shape index (κ3) is 2.39. The lowest BCUT2D eigenvalue weighted by molar-refractivity contribution is 0.122. The number of thiophene rings is 1. The minimum absolute atomic E-state index is 0.0112. The van der Waals surface area contributed by atoms with E-state index in [4.69, 9.17) is 4.74 Å². The average molecular weight is 380 g/mol. The van der Waals surface area contributed by atoms with Gasteiger partial charge < -0.3 is 19.6 Å². The van der Waals surface area contributed by atoms with E-state index in [2.05, 4.69) is 36.9 Å². The monoisotopic (exact) mass is 379 g/mol. The van der Waals surface area contributed by atoms with E-state index in [0.717, 1.165) is 38.7 Å². The number of hydrogen-bond donors (Lipinski definition) is 2. The summed E-state index contributed by atoms with van der Waals surface area (Å²) in [5.74, 6) is 0.859. The largest absolute Gasteiger partial charge is 0.378 e. The molecule has 0 aromatic carbocycles. The Labute approximate surface area is 139 Å². The van der Waals surface area contributed by atoms with Crippen molar-refractivity contribution in [2.45, 2.75) is 0 Å². The number of pyridine rings is 1. The molecule has 0 unspecified atom stereocenters. The molecule has 0 spiro atoms. The van der Waals surface area contributed by atoms with Crippen LogP contribution in [0, 0.1) is 0 Å². The smallest absolute Gasteiger partial charge is 0.207 e. The Balaban J connectivity index is 1.86. The van der Waals surface area contributed by atoms with E-state index in [9.17, 15) is 4.79 Å². The first-order valence-corrected chi connectivity index (χ1v) is 8.66. The maximum absolute atomic E-state index is 12.4. The molecule has 3 aromatic heterocycles. The van der Waals surface area contributed by atoms with Crippen molar-refractivity contribution >= 4 is 44.1 Å². The number of morpholine rings is 1. The standard InChI is InChI=1S/C15H14BrN3O2S/c16-12-2-1-11(22-12)9-8-17-15-10(20)7-13(18-14(9)15)19-3-5-21-6-4-19/h1-2,7-8,17H,3-6H2,(H,18,20). The molecule has 1 aliphatic rings. The van der Waals surface area contributed by atoms with Gasteiger partial charge in [0.1, 0.15) is 11.3 Å². The second kappa shape index (κ2) is 5.57. The summed E-state index contributed by atoms with van der Waals surface area (Å²) in [6, 6.07) is 5.73. The Morgan fingerprint density at radius 3 is 2.77 bits per heavy atom. The highest BCUT2D eigenvalue weighted by Gasteiger charge is 2.16. The highest BCUT2D eigenvalue weighted by atomic mass is 79.9. The SMILES string of the molecule is O=c1cc(N2CCOCC2)[nH]c2c(-c3ccc(Br)s3)c[nH]c12. The third-order valence-corrected chi connectivity index (χ3v) is 5.49. The Hall–Kier alpha value is -1.57. The Morgan fingerprint density at radius 2 is 2.05 bits per heavy atom. The second-order valence-corrected chi connectivity index (χ2v) is 7.64. The zero-order chi connectivity index (χ0) is 15.1. The number of halogens is 1. The number of rotatable bonds is 2. The normalized spacial score (nSPS) is 15.6. The molecule has 4 rings (SSSR count). The maximum atomic E-state index is 12.4.